The first-order valence-corrected chi connectivity index (χ1v) is 8.49. The molecule has 0 heterocycles. The van der Waals surface area contributed by atoms with Crippen molar-refractivity contribution in [2.24, 2.45) is 5.73 Å². The highest BCUT2D eigenvalue weighted by molar-refractivity contribution is 7.91. The summed E-state index contributed by atoms with van der Waals surface area (Å²) >= 11 is 0. The van der Waals surface area contributed by atoms with Crippen LogP contribution >= 0.6 is 0 Å². The molecule has 0 radical (unpaired) electrons. The minimum Gasteiger partial charge on any atom is -0.497 e. The number of methoxy groups -OCH3 is 1. The van der Waals surface area contributed by atoms with E-state index in [2.05, 4.69) is 0 Å². The summed E-state index contributed by atoms with van der Waals surface area (Å²) in [6.07, 6.45) is 1.23. The van der Waals surface area contributed by atoms with E-state index in [0.717, 1.165) is 11.3 Å². The maximum atomic E-state index is 11.9. The maximum absolute atomic E-state index is 11.9. The van der Waals surface area contributed by atoms with Crippen molar-refractivity contribution in [3.63, 3.8) is 0 Å². The summed E-state index contributed by atoms with van der Waals surface area (Å²) < 4.78 is 34.3. The van der Waals surface area contributed by atoms with Gasteiger partial charge < -0.3 is 15.2 Å². The molecular weight excluding hydrogens is 278 g/mol. The van der Waals surface area contributed by atoms with Gasteiger partial charge in [-0.25, -0.2) is 8.42 Å². The van der Waals surface area contributed by atoms with E-state index < -0.39 is 20.6 Å². The van der Waals surface area contributed by atoms with Crippen LogP contribution in [0, 0.1) is 0 Å². The Bertz CT molecular complexity index is 569. The molecule has 0 unspecified atom stereocenters. The lowest BCUT2D eigenvalue weighted by atomic mass is 10.1. The first-order chi connectivity index (χ1) is 9.34. The standard InChI is InChI=1S/C14H21NO4S/c1-4-19-9-14(15)12(13(14)20(3,16)17)10-5-7-11(18-2)8-6-10/h5-8,12-13H,4,9,15H2,1-3H3/t12-,13+,14-/m0/s1. The molecule has 0 spiro atoms. The Morgan fingerprint density at radius 3 is 2.35 bits per heavy atom. The topological polar surface area (TPSA) is 78.6 Å². The number of benzene rings is 1. The number of nitrogens with two attached hydrogens (primary N) is 1. The van der Waals surface area contributed by atoms with Crippen LogP contribution in [0.5, 0.6) is 5.75 Å². The van der Waals surface area contributed by atoms with E-state index in [4.69, 9.17) is 15.2 Å². The predicted molar refractivity (Wildman–Crippen MR) is 77.8 cm³/mol. The quantitative estimate of drug-likeness (QED) is 0.845. The molecule has 1 aromatic rings. The number of hydrogen-bond acceptors (Lipinski definition) is 5. The number of rotatable bonds is 6. The molecule has 0 aliphatic heterocycles. The molecular formula is C14H21NO4S. The summed E-state index contributed by atoms with van der Waals surface area (Å²) in [7, 11) is -1.63. The van der Waals surface area contributed by atoms with Crippen LogP contribution in [-0.4, -0.2) is 45.8 Å². The van der Waals surface area contributed by atoms with E-state index in [0.29, 0.717) is 6.61 Å². The van der Waals surface area contributed by atoms with Crippen molar-refractivity contribution >= 4 is 9.84 Å². The highest BCUT2D eigenvalue weighted by Gasteiger charge is 2.68. The van der Waals surface area contributed by atoms with Gasteiger partial charge in [0.15, 0.2) is 9.84 Å². The molecule has 2 N–H and O–H groups in total. The Labute approximate surface area is 120 Å². The smallest absolute Gasteiger partial charge is 0.152 e. The molecule has 3 atom stereocenters. The van der Waals surface area contributed by atoms with Crippen LogP contribution in [0.4, 0.5) is 0 Å². The fourth-order valence-electron chi connectivity index (χ4n) is 2.82. The van der Waals surface area contributed by atoms with E-state index in [1.165, 1.54) is 6.26 Å². The van der Waals surface area contributed by atoms with Gasteiger partial charge >= 0.3 is 0 Å². The summed E-state index contributed by atoms with van der Waals surface area (Å²) in [6.45, 7) is 2.63. The van der Waals surface area contributed by atoms with Gasteiger partial charge in [0.05, 0.1) is 24.5 Å². The number of sulfone groups is 1. The molecule has 20 heavy (non-hydrogen) atoms. The van der Waals surface area contributed by atoms with Crippen LogP contribution in [0.25, 0.3) is 0 Å². The van der Waals surface area contributed by atoms with Crippen LogP contribution in [0.3, 0.4) is 0 Å². The van der Waals surface area contributed by atoms with Crippen molar-refractivity contribution in [1.82, 2.24) is 0 Å². The van der Waals surface area contributed by atoms with E-state index in [-0.39, 0.29) is 12.5 Å². The lowest BCUT2D eigenvalue weighted by Crippen LogP contribution is -2.36. The van der Waals surface area contributed by atoms with Crippen LogP contribution in [0.1, 0.15) is 18.4 Å². The predicted octanol–water partition coefficient (Wildman–Crippen LogP) is 0.940. The first kappa shape index (κ1) is 15.3. The SMILES string of the molecule is CCOC[C@@]1(N)[C@H](S(C)(=O)=O)[C@@H]1c1ccc(OC)cc1. The van der Waals surface area contributed by atoms with Gasteiger partial charge in [0.1, 0.15) is 5.75 Å². The van der Waals surface area contributed by atoms with Gasteiger partial charge in [-0.1, -0.05) is 12.1 Å². The Kier molecular flexibility index (Phi) is 4.09. The molecule has 0 bridgehead atoms. The van der Waals surface area contributed by atoms with Crippen molar-refractivity contribution in [3.05, 3.63) is 29.8 Å². The molecule has 1 aliphatic rings. The lowest BCUT2D eigenvalue weighted by Gasteiger charge is -2.11. The molecule has 6 heteroatoms. The van der Waals surface area contributed by atoms with E-state index in [1.54, 1.807) is 7.11 Å². The van der Waals surface area contributed by atoms with Crippen molar-refractivity contribution in [2.45, 2.75) is 23.6 Å². The van der Waals surface area contributed by atoms with Crippen molar-refractivity contribution in [2.75, 3.05) is 26.6 Å². The summed E-state index contributed by atoms with van der Waals surface area (Å²) in [6, 6.07) is 7.35. The molecule has 2 rings (SSSR count). The van der Waals surface area contributed by atoms with Crippen LogP contribution in [0.15, 0.2) is 24.3 Å². The largest absolute Gasteiger partial charge is 0.497 e. The number of ether oxygens (including phenoxy) is 2. The molecule has 1 aromatic carbocycles. The van der Waals surface area contributed by atoms with Gasteiger partial charge in [-0.2, -0.15) is 0 Å². The van der Waals surface area contributed by atoms with Gasteiger partial charge in [-0.05, 0) is 24.6 Å². The van der Waals surface area contributed by atoms with Crippen LogP contribution in [0.2, 0.25) is 0 Å². The van der Waals surface area contributed by atoms with Crippen LogP contribution < -0.4 is 10.5 Å². The van der Waals surface area contributed by atoms with E-state index in [9.17, 15) is 8.42 Å². The monoisotopic (exact) mass is 299 g/mol. The van der Waals surface area contributed by atoms with Gasteiger partial charge in [-0.3, -0.25) is 0 Å². The van der Waals surface area contributed by atoms with Gasteiger partial charge in [0, 0.05) is 18.8 Å². The maximum Gasteiger partial charge on any atom is 0.152 e. The van der Waals surface area contributed by atoms with Crippen molar-refractivity contribution < 1.29 is 17.9 Å². The molecule has 0 amide bonds. The third-order valence-electron chi connectivity index (χ3n) is 3.79. The molecule has 1 aliphatic carbocycles. The minimum absolute atomic E-state index is 0.227. The summed E-state index contributed by atoms with van der Waals surface area (Å²) in [5.74, 6) is 0.507. The van der Waals surface area contributed by atoms with Crippen LogP contribution in [-0.2, 0) is 14.6 Å². The molecule has 112 valence electrons. The second kappa shape index (κ2) is 5.35. The fraction of sp³-hybridized carbons (Fsp3) is 0.571. The second-order valence-electron chi connectivity index (χ2n) is 5.25. The Morgan fingerprint density at radius 2 is 1.90 bits per heavy atom. The summed E-state index contributed by atoms with van der Waals surface area (Å²) in [4.78, 5) is 0. The molecule has 5 nitrogen and oxygen atoms in total. The molecule has 1 saturated carbocycles. The Hall–Kier alpha value is -1.11. The average molecular weight is 299 g/mol. The minimum atomic E-state index is -3.22. The van der Waals surface area contributed by atoms with E-state index in [1.807, 2.05) is 31.2 Å². The van der Waals surface area contributed by atoms with Gasteiger partial charge in [-0.15, -0.1) is 0 Å². The zero-order valence-corrected chi connectivity index (χ0v) is 12.8. The zero-order chi connectivity index (χ0) is 15.0. The Morgan fingerprint density at radius 1 is 1.30 bits per heavy atom. The average Bonchev–Trinajstić information content (AvgIpc) is 3.03. The highest BCUT2D eigenvalue weighted by atomic mass is 32.2. The number of hydrogen-bond donors (Lipinski definition) is 1. The summed E-state index contributed by atoms with van der Waals surface area (Å²) in [5.41, 5.74) is 6.35. The third kappa shape index (κ3) is 2.68. The van der Waals surface area contributed by atoms with Gasteiger partial charge in [0.25, 0.3) is 0 Å². The Balaban J connectivity index is 2.28. The fourth-order valence-corrected chi connectivity index (χ4v) is 4.65. The lowest BCUT2D eigenvalue weighted by molar-refractivity contribution is 0.125. The van der Waals surface area contributed by atoms with Crippen molar-refractivity contribution in [3.8, 4) is 5.75 Å². The van der Waals surface area contributed by atoms with E-state index >= 15 is 0 Å². The molecule has 0 aromatic heterocycles. The normalized spacial score (nSPS) is 29.2. The highest BCUT2D eigenvalue weighted by Crippen LogP contribution is 2.54. The van der Waals surface area contributed by atoms with Gasteiger partial charge in [0.2, 0.25) is 0 Å². The molecule has 0 saturated heterocycles. The van der Waals surface area contributed by atoms with Crippen molar-refractivity contribution in [1.29, 1.82) is 0 Å². The second-order valence-corrected chi connectivity index (χ2v) is 7.42. The first-order valence-electron chi connectivity index (χ1n) is 6.54. The zero-order valence-electron chi connectivity index (χ0n) is 12.0. The molecule has 1 fully saturated rings. The third-order valence-corrected chi connectivity index (χ3v) is 5.43. The summed E-state index contributed by atoms with van der Waals surface area (Å²) in [5, 5.41) is -0.588.